The summed E-state index contributed by atoms with van der Waals surface area (Å²) >= 11 is 0. The van der Waals surface area contributed by atoms with E-state index in [1.807, 2.05) is 0 Å². The highest BCUT2D eigenvalue weighted by Crippen LogP contribution is 2.17. The molecule has 0 unspecified atom stereocenters. The summed E-state index contributed by atoms with van der Waals surface area (Å²) in [4.78, 5) is 0. The number of nitrogens with two attached hydrogens (primary N) is 1. The molecule has 15 heavy (non-hydrogen) atoms. The van der Waals surface area contributed by atoms with Gasteiger partial charge in [-0.1, -0.05) is 6.07 Å². The van der Waals surface area contributed by atoms with Crippen LogP contribution in [0.5, 0.6) is 0 Å². The van der Waals surface area contributed by atoms with Crippen LogP contribution in [0.25, 0.3) is 0 Å². The Kier molecular flexibility index (Phi) is 5.23. The van der Waals surface area contributed by atoms with Crippen molar-refractivity contribution in [3.8, 4) is 6.07 Å². The van der Waals surface area contributed by atoms with Crippen LogP contribution in [0.1, 0.15) is 24.1 Å². The van der Waals surface area contributed by atoms with Crippen LogP contribution >= 0.6 is 12.4 Å². The highest BCUT2D eigenvalue weighted by molar-refractivity contribution is 5.85. The Morgan fingerprint density at radius 2 is 2.13 bits per heavy atom. The molecule has 3 N–H and O–H groups in total. The lowest BCUT2D eigenvalue weighted by Gasteiger charge is -2.15. The smallest absolute Gasteiger partial charge is 0.140 e. The van der Waals surface area contributed by atoms with Crippen molar-refractivity contribution < 1.29 is 9.50 Å². The van der Waals surface area contributed by atoms with E-state index in [1.54, 1.807) is 13.0 Å². The Morgan fingerprint density at radius 3 is 2.60 bits per heavy atom. The molecule has 0 aromatic heterocycles. The summed E-state index contributed by atoms with van der Waals surface area (Å²) in [7, 11) is 0. The van der Waals surface area contributed by atoms with Crippen LogP contribution in [0.4, 0.5) is 4.39 Å². The van der Waals surface area contributed by atoms with Crippen molar-refractivity contribution in [3.05, 3.63) is 35.1 Å². The maximum absolute atomic E-state index is 12.9. The number of halogens is 2. The van der Waals surface area contributed by atoms with Gasteiger partial charge in [0.25, 0.3) is 0 Å². The van der Waals surface area contributed by atoms with E-state index in [0.717, 1.165) is 0 Å². The maximum atomic E-state index is 12.9. The molecular formula is C10H12ClFN2O. The number of hydrogen-bond donors (Lipinski definition) is 2. The summed E-state index contributed by atoms with van der Waals surface area (Å²) < 4.78 is 12.9. The number of aliphatic hydroxyl groups is 1. The fraction of sp³-hybridized carbons (Fsp3) is 0.300. The van der Waals surface area contributed by atoms with Gasteiger partial charge in [-0.05, 0) is 24.6 Å². The molecule has 0 saturated heterocycles. The quantitative estimate of drug-likeness (QED) is 0.809. The van der Waals surface area contributed by atoms with Crippen LogP contribution in [0.15, 0.2) is 18.2 Å². The van der Waals surface area contributed by atoms with Crippen molar-refractivity contribution >= 4 is 12.4 Å². The first kappa shape index (κ1) is 13.8. The largest absolute Gasteiger partial charge is 0.391 e. The van der Waals surface area contributed by atoms with Crippen molar-refractivity contribution in [2.24, 2.45) is 5.73 Å². The van der Waals surface area contributed by atoms with Gasteiger partial charge in [-0.15, -0.1) is 12.4 Å². The molecule has 3 nitrogen and oxygen atoms in total. The van der Waals surface area contributed by atoms with Gasteiger partial charge < -0.3 is 10.8 Å². The first-order chi connectivity index (χ1) is 6.56. The van der Waals surface area contributed by atoms with Gasteiger partial charge in [0.2, 0.25) is 0 Å². The Morgan fingerprint density at radius 1 is 1.53 bits per heavy atom. The zero-order chi connectivity index (χ0) is 10.7. The lowest BCUT2D eigenvalue weighted by Crippen LogP contribution is -2.23. The van der Waals surface area contributed by atoms with E-state index in [-0.39, 0.29) is 18.0 Å². The molecule has 0 fully saturated rings. The molecule has 0 aliphatic heterocycles. The number of nitriles is 1. The molecule has 82 valence electrons. The second-order valence-electron chi connectivity index (χ2n) is 3.12. The van der Waals surface area contributed by atoms with Gasteiger partial charge in [0.05, 0.1) is 17.7 Å². The summed E-state index contributed by atoms with van der Waals surface area (Å²) in [6.45, 7) is 1.54. The van der Waals surface area contributed by atoms with Crippen molar-refractivity contribution in [2.75, 3.05) is 0 Å². The maximum Gasteiger partial charge on any atom is 0.140 e. The normalized spacial score (nSPS) is 13.5. The van der Waals surface area contributed by atoms with Crippen molar-refractivity contribution in [2.45, 2.75) is 19.1 Å². The topological polar surface area (TPSA) is 70.0 Å². The highest BCUT2D eigenvalue weighted by Gasteiger charge is 2.13. The number of hydrogen-bond acceptors (Lipinski definition) is 3. The average molecular weight is 231 g/mol. The van der Waals surface area contributed by atoms with Gasteiger partial charge in [0, 0.05) is 0 Å². The lowest BCUT2D eigenvalue weighted by molar-refractivity contribution is 0.164. The highest BCUT2D eigenvalue weighted by atomic mass is 35.5. The fourth-order valence-electron chi connectivity index (χ4n) is 1.11. The minimum atomic E-state index is -0.730. The summed E-state index contributed by atoms with van der Waals surface area (Å²) in [6, 6.07) is 5.12. The fourth-order valence-corrected chi connectivity index (χ4v) is 1.11. The molecule has 0 saturated carbocycles. The number of nitrogens with zero attached hydrogens (tertiary/aromatic N) is 1. The van der Waals surface area contributed by atoms with Crippen LogP contribution in [0, 0.1) is 17.1 Å². The Hall–Kier alpha value is -1.15. The molecule has 0 spiro atoms. The minimum Gasteiger partial charge on any atom is -0.391 e. The summed E-state index contributed by atoms with van der Waals surface area (Å²) in [5, 5.41) is 17.8. The van der Waals surface area contributed by atoms with Gasteiger partial charge >= 0.3 is 0 Å². The van der Waals surface area contributed by atoms with Crippen molar-refractivity contribution in [1.82, 2.24) is 0 Å². The van der Waals surface area contributed by atoms with Gasteiger partial charge in [0.15, 0.2) is 0 Å². The molecule has 0 amide bonds. The third kappa shape index (κ3) is 3.17. The van der Waals surface area contributed by atoms with E-state index in [2.05, 4.69) is 0 Å². The first-order valence-electron chi connectivity index (χ1n) is 4.19. The van der Waals surface area contributed by atoms with Gasteiger partial charge in [-0.25, -0.2) is 4.39 Å². The van der Waals surface area contributed by atoms with Crippen molar-refractivity contribution in [1.29, 1.82) is 5.26 Å². The van der Waals surface area contributed by atoms with Gasteiger partial charge in [0.1, 0.15) is 11.9 Å². The predicted octanol–water partition coefficient (Wildman–Crippen LogP) is 1.50. The molecule has 0 aliphatic rings. The minimum absolute atomic E-state index is 0. The van der Waals surface area contributed by atoms with Crippen LogP contribution in [0.3, 0.4) is 0 Å². The molecule has 1 aromatic rings. The molecule has 0 aliphatic carbocycles. The summed E-state index contributed by atoms with van der Waals surface area (Å²) in [5.41, 5.74) is 6.13. The summed E-state index contributed by atoms with van der Waals surface area (Å²) in [5.74, 6) is -0.575. The van der Waals surface area contributed by atoms with Crippen LogP contribution < -0.4 is 5.73 Å². The van der Waals surface area contributed by atoms with E-state index in [4.69, 9.17) is 11.0 Å². The number of aliphatic hydroxyl groups excluding tert-OH is 1. The van der Waals surface area contributed by atoms with Gasteiger partial charge in [-0.2, -0.15) is 5.26 Å². The Balaban J connectivity index is 0.00000196. The van der Waals surface area contributed by atoms with Gasteiger partial charge in [-0.3, -0.25) is 0 Å². The van der Waals surface area contributed by atoms with E-state index in [0.29, 0.717) is 5.56 Å². The van der Waals surface area contributed by atoms with Crippen LogP contribution in [0.2, 0.25) is 0 Å². The van der Waals surface area contributed by atoms with E-state index in [1.165, 1.54) is 18.2 Å². The van der Waals surface area contributed by atoms with E-state index >= 15 is 0 Å². The Bertz CT molecular complexity index is 376. The predicted molar refractivity (Wildman–Crippen MR) is 57.0 cm³/mol. The molecule has 0 heterocycles. The molecule has 0 radical (unpaired) electrons. The average Bonchev–Trinajstić information content (AvgIpc) is 2.17. The lowest BCUT2D eigenvalue weighted by atomic mass is 10.0. The summed E-state index contributed by atoms with van der Waals surface area (Å²) in [6.07, 6.45) is -0.730. The SMILES string of the molecule is C[C@@H](O)[C@@H](N)c1ccc(F)c(C#N)c1.Cl. The standard InChI is InChI=1S/C10H11FN2O.ClH/c1-6(14)10(13)7-2-3-9(11)8(4-7)5-12;/h2-4,6,10,14H,13H2,1H3;1H/t6-,10-;/m1./s1. The monoisotopic (exact) mass is 230 g/mol. The molecular weight excluding hydrogens is 219 g/mol. The molecule has 2 atom stereocenters. The third-order valence-electron chi connectivity index (χ3n) is 2.02. The molecule has 5 heteroatoms. The Labute approximate surface area is 93.7 Å². The second kappa shape index (κ2) is 5.66. The zero-order valence-corrected chi connectivity index (χ0v) is 8.96. The van der Waals surface area contributed by atoms with Crippen LogP contribution in [-0.4, -0.2) is 11.2 Å². The van der Waals surface area contributed by atoms with E-state index in [9.17, 15) is 9.50 Å². The molecule has 1 rings (SSSR count). The first-order valence-corrected chi connectivity index (χ1v) is 4.19. The van der Waals surface area contributed by atoms with E-state index < -0.39 is 18.0 Å². The molecule has 0 bridgehead atoms. The van der Waals surface area contributed by atoms with Crippen LogP contribution in [-0.2, 0) is 0 Å². The van der Waals surface area contributed by atoms with Crippen molar-refractivity contribution in [3.63, 3.8) is 0 Å². The second-order valence-corrected chi connectivity index (χ2v) is 3.12. The molecule has 1 aromatic carbocycles. The number of benzene rings is 1. The zero-order valence-electron chi connectivity index (χ0n) is 8.14. The number of rotatable bonds is 2. The third-order valence-corrected chi connectivity index (χ3v) is 2.02.